The molecule has 1 saturated heterocycles. The first-order chi connectivity index (χ1) is 8.49. The van der Waals surface area contributed by atoms with E-state index >= 15 is 0 Å². The fourth-order valence-electron chi connectivity index (χ4n) is 2.33. The molecule has 0 bridgehead atoms. The molecule has 0 amide bonds. The van der Waals surface area contributed by atoms with Gasteiger partial charge < -0.3 is 10.1 Å². The van der Waals surface area contributed by atoms with E-state index in [0.29, 0.717) is 5.41 Å². The van der Waals surface area contributed by atoms with Crippen LogP contribution in [0.4, 0.5) is 0 Å². The van der Waals surface area contributed by atoms with Crippen molar-refractivity contribution in [2.45, 2.75) is 45.6 Å². The monoisotopic (exact) mass is 268 g/mol. The fourth-order valence-corrected chi connectivity index (χ4v) is 3.12. The van der Waals surface area contributed by atoms with Crippen LogP contribution in [0.1, 0.15) is 38.6 Å². The molecule has 0 aromatic carbocycles. The van der Waals surface area contributed by atoms with Crippen molar-refractivity contribution in [3.05, 3.63) is 16.6 Å². The first-order valence-electron chi connectivity index (χ1n) is 6.70. The van der Waals surface area contributed by atoms with Crippen LogP contribution in [0.3, 0.4) is 0 Å². The lowest BCUT2D eigenvalue weighted by Crippen LogP contribution is -2.47. The van der Waals surface area contributed by atoms with Gasteiger partial charge in [0.15, 0.2) is 0 Å². The summed E-state index contributed by atoms with van der Waals surface area (Å²) in [6, 6.07) is 0. The summed E-state index contributed by atoms with van der Waals surface area (Å²) in [7, 11) is 0. The Bertz CT molecular complexity index is 350. The van der Waals surface area contributed by atoms with Gasteiger partial charge in [0, 0.05) is 43.3 Å². The highest BCUT2D eigenvalue weighted by atomic mass is 32.1. The van der Waals surface area contributed by atoms with E-state index in [9.17, 15) is 0 Å². The third kappa shape index (κ3) is 4.04. The number of thiazole rings is 1. The standard InChI is InChI=1S/C14H24N2OS/c1-13(2,3)16-11-14(4-7-17-8-5-14)10-12-15-6-9-18-12/h6,9,16H,4-5,7-8,10-11H2,1-3H3. The molecule has 3 nitrogen and oxygen atoms in total. The van der Waals surface area contributed by atoms with Gasteiger partial charge in [-0.25, -0.2) is 4.98 Å². The lowest BCUT2D eigenvalue weighted by molar-refractivity contribution is 0.0121. The summed E-state index contributed by atoms with van der Waals surface area (Å²) in [6.07, 6.45) is 5.26. The van der Waals surface area contributed by atoms with E-state index in [4.69, 9.17) is 4.74 Å². The smallest absolute Gasteiger partial charge is 0.0930 e. The first kappa shape index (κ1) is 14.0. The number of aromatic nitrogens is 1. The molecule has 102 valence electrons. The van der Waals surface area contributed by atoms with E-state index in [1.165, 1.54) is 5.01 Å². The summed E-state index contributed by atoms with van der Waals surface area (Å²) >= 11 is 1.77. The predicted octanol–water partition coefficient (Wildman–Crippen LogP) is 2.87. The number of hydrogen-bond acceptors (Lipinski definition) is 4. The van der Waals surface area contributed by atoms with Crippen LogP contribution >= 0.6 is 11.3 Å². The normalized spacial score (nSPS) is 19.9. The third-order valence-corrected chi connectivity index (χ3v) is 4.34. The van der Waals surface area contributed by atoms with E-state index in [2.05, 4.69) is 36.5 Å². The molecule has 2 heterocycles. The molecule has 0 radical (unpaired) electrons. The van der Waals surface area contributed by atoms with Crippen LogP contribution in [-0.2, 0) is 11.2 Å². The summed E-state index contributed by atoms with van der Waals surface area (Å²) in [5, 5.41) is 6.99. The van der Waals surface area contributed by atoms with Gasteiger partial charge in [-0.3, -0.25) is 0 Å². The molecule has 0 aliphatic carbocycles. The average Bonchev–Trinajstić information content (AvgIpc) is 2.80. The minimum Gasteiger partial charge on any atom is -0.381 e. The lowest BCUT2D eigenvalue weighted by atomic mass is 9.77. The second kappa shape index (κ2) is 5.68. The van der Waals surface area contributed by atoms with Crippen LogP contribution in [0.15, 0.2) is 11.6 Å². The fraction of sp³-hybridized carbons (Fsp3) is 0.786. The van der Waals surface area contributed by atoms with Crippen LogP contribution in [0.25, 0.3) is 0 Å². The van der Waals surface area contributed by atoms with Gasteiger partial charge in [-0.15, -0.1) is 11.3 Å². The maximum absolute atomic E-state index is 5.53. The average molecular weight is 268 g/mol. The Hall–Kier alpha value is -0.450. The van der Waals surface area contributed by atoms with Crippen molar-refractivity contribution < 1.29 is 4.74 Å². The molecule has 1 aliphatic heterocycles. The lowest BCUT2D eigenvalue weighted by Gasteiger charge is -2.39. The molecular weight excluding hydrogens is 244 g/mol. The van der Waals surface area contributed by atoms with Crippen LogP contribution in [0, 0.1) is 5.41 Å². The molecule has 0 unspecified atom stereocenters. The Morgan fingerprint density at radius 3 is 2.67 bits per heavy atom. The summed E-state index contributed by atoms with van der Waals surface area (Å²) < 4.78 is 5.53. The van der Waals surface area contributed by atoms with Gasteiger partial charge in [0.05, 0.1) is 5.01 Å². The largest absolute Gasteiger partial charge is 0.381 e. The Balaban J connectivity index is 2.02. The molecule has 1 aromatic heterocycles. The minimum absolute atomic E-state index is 0.175. The molecule has 1 fully saturated rings. The Morgan fingerprint density at radius 1 is 1.39 bits per heavy atom. The third-order valence-electron chi connectivity index (χ3n) is 3.56. The highest BCUT2D eigenvalue weighted by Gasteiger charge is 2.34. The van der Waals surface area contributed by atoms with Crippen molar-refractivity contribution in [1.82, 2.24) is 10.3 Å². The molecule has 18 heavy (non-hydrogen) atoms. The molecule has 2 rings (SSSR count). The van der Waals surface area contributed by atoms with E-state index in [1.54, 1.807) is 11.3 Å². The SMILES string of the molecule is CC(C)(C)NCC1(Cc2nccs2)CCOCC1. The van der Waals surface area contributed by atoms with Crippen molar-refractivity contribution in [1.29, 1.82) is 0 Å². The van der Waals surface area contributed by atoms with Crippen LogP contribution in [-0.4, -0.2) is 30.3 Å². The quantitative estimate of drug-likeness (QED) is 0.912. The minimum atomic E-state index is 0.175. The van der Waals surface area contributed by atoms with Crippen molar-refractivity contribution >= 4 is 11.3 Å². The highest BCUT2D eigenvalue weighted by molar-refractivity contribution is 7.09. The summed E-state index contributed by atoms with van der Waals surface area (Å²) in [4.78, 5) is 4.45. The summed E-state index contributed by atoms with van der Waals surface area (Å²) in [5.74, 6) is 0. The zero-order valence-electron chi connectivity index (χ0n) is 11.7. The summed E-state index contributed by atoms with van der Waals surface area (Å²) in [6.45, 7) is 9.50. The maximum atomic E-state index is 5.53. The number of rotatable bonds is 4. The molecule has 0 saturated carbocycles. The number of hydrogen-bond donors (Lipinski definition) is 1. The van der Waals surface area contributed by atoms with E-state index in [1.807, 2.05) is 6.20 Å². The summed E-state index contributed by atoms with van der Waals surface area (Å²) in [5.41, 5.74) is 0.498. The molecule has 0 spiro atoms. The van der Waals surface area contributed by atoms with Crippen LogP contribution < -0.4 is 5.32 Å². The van der Waals surface area contributed by atoms with Crippen molar-refractivity contribution in [3.8, 4) is 0 Å². The second-order valence-electron chi connectivity index (χ2n) is 6.32. The van der Waals surface area contributed by atoms with Gasteiger partial charge in [-0.05, 0) is 39.0 Å². The number of nitrogens with one attached hydrogen (secondary N) is 1. The molecule has 4 heteroatoms. The van der Waals surface area contributed by atoms with Crippen molar-refractivity contribution in [2.75, 3.05) is 19.8 Å². The van der Waals surface area contributed by atoms with Gasteiger partial charge in [0.2, 0.25) is 0 Å². The zero-order valence-corrected chi connectivity index (χ0v) is 12.5. The van der Waals surface area contributed by atoms with Gasteiger partial charge >= 0.3 is 0 Å². The molecular formula is C14H24N2OS. The second-order valence-corrected chi connectivity index (χ2v) is 7.30. The Labute approximate surface area is 114 Å². The Kier molecular flexibility index (Phi) is 4.41. The van der Waals surface area contributed by atoms with Crippen LogP contribution in [0.5, 0.6) is 0 Å². The van der Waals surface area contributed by atoms with E-state index in [-0.39, 0.29) is 5.54 Å². The van der Waals surface area contributed by atoms with E-state index < -0.39 is 0 Å². The van der Waals surface area contributed by atoms with Gasteiger partial charge in [0.25, 0.3) is 0 Å². The predicted molar refractivity (Wildman–Crippen MR) is 76.1 cm³/mol. The van der Waals surface area contributed by atoms with Crippen molar-refractivity contribution in [2.24, 2.45) is 5.41 Å². The zero-order chi connectivity index (χ0) is 13.1. The number of ether oxygens (including phenoxy) is 1. The Morgan fingerprint density at radius 2 is 2.11 bits per heavy atom. The first-order valence-corrected chi connectivity index (χ1v) is 7.58. The van der Waals surface area contributed by atoms with Crippen LogP contribution in [0.2, 0.25) is 0 Å². The van der Waals surface area contributed by atoms with Gasteiger partial charge in [-0.2, -0.15) is 0 Å². The number of nitrogens with zero attached hydrogens (tertiary/aromatic N) is 1. The van der Waals surface area contributed by atoms with E-state index in [0.717, 1.165) is 39.0 Å². The van der Waals surface area contributed by atoms with Gasteiger partial charge in [0.1, 0.15) is 0 Å². The molecule has 1 aliphatic rings. The topological polar surface area (TPSA) is 34.2 Å². The van der Waals surface area contributed by atoms with Crippen molar-refractivity contribution in [3.63, 3.8) is 0 Å². The maximum Gasteiger partial charge on any atom is 0.0930 e. The molecule has 1 aromatic rings. The molecule has 1 N–H and O–H groups in total. The molecule has 0 atom stereocenters. The van der Waals surface area contributed by atoms with Gasteiger partial charge in [-0.1, -0.05) is 0 Å². The highest BCUT2D eigenvalue weighted by Crippen LogP contribution is 2.34.